The standard InChI is InChI=1S/C18H21N/c1-15-12-19(13-16-8-4-2-5-9-16)14-18(15)17-10-6-3-7-11-17/h2-11,15,18H,12-14H2,1H3/t15-,18+/m1/s1. The molecule has 0 amide bonds. The van der Waals surface area contributed by atoms with Gasteiger partial charge in [0.15, 0.2) is 0 Å². The lowest BCUT2D eigenvalue weighted by Crippen LogP contribution is -2.20. The van der Waals surface area contributed by atoms with Gasteiger partial charge in [0.2, 0.25) is 0 Å². The molecule has 2 atom stereocenters. The summed E-state index contributed by atoms with van der Waals surface area (Å²) in [5.74, 6) is 1.43. The average molecular weight is 251 g/mol. The van der Waals surface area contributed by atoms with Crippen LogP contribution < -0.4 is 0 Å². The molecule has 2 aromatic rings. The van der Waals surface area contributed by atoms with Crippen molar-refractivity contribution < 1.29 is 0 Å². The van der Waals surface area contributed by atoms with Crippen molar-refractivity contribution >= 4 is 0 Å². The van der Waals surface area contributed by atoms with E-state index in [9.17, 15) is 0 Å². The summed E-state index contributed by atoms with van der Waals surface area (Å²) >= 11 is 0. The van der Waals surface area contributed by atoms with Gasteiger partial charge in [0.1, 0.15) is 0 Å². The zero-order valence-corrected chi connectivity index (χ0v) is 11.5. The first kappa shape index (κ1) is 12.4. The van der Waals surface area contributed by atoms with E-state index in [0.717, 1.165) is 12.5 Å². The van der Waals surface area contributed by atoms with Crippen molar-refractivity contribution in [2.45, 2.75) is 19.4 Å². The Morgan fingerprint density at radius 1 is 0.895 bits per heavy atom. The van der Waals surface area contributed by atoms with Crippen LogP contribution in [0, 0.1) is 5.92 Å². The molecule has 1 aliphatic rings. The molecule has 1 nitrogen and oxygen atoms in total. The van der Waals surface area contributed by atoms with Crippen LogP contribution >= 0.6 is 0 Å². The van der Waals surface area contributed by atoms with E-state index < -0.39 is 0 Å². The number of nitrogens with zero attached hydrogens (tertiary/aromatic N) is 1. The molecule has 0 aromatic heterocycles. The summed E-state index contributed by atoms with van der Waals surface area (Å²) in [5.41, 5.74) is 2.91. The van der Waals surface area contributed by atoms with E-state index in [4.69, 9.17) is 0 Å². The Hall–Kier alpha value is -1.60. The molecule has 2 aromatic carbocycles. The van der Waals surface area contributed by atoms with E-state index in [0.29, 0.717) is 5.92 Å². The minimum Gasteiger partial charge on any atom is -0.298 e. The zero-order valence-electron chi connectivity index (χ0n) is 11.5. The molecule has 1 heteroatoms. The van der Waals surface area contributed by atoms with Gasteiger partial charge in [-0.25, -0.2) is 0 Å². The van der Waals surface area contributed by atoms with Crippen molar-refractivity contribution in [3.05, 3.63) is 71.8 Å². The second kappa shape index (κ2) is 5.58. The molecular formula is C18H21N. The smallest absolute Gasteiger partial charge is 0.0234 e. The first-order chi connectivity index (χ1) is 9.33. The maximum absolute atomic E-state index is 2.58. The highest BCUT2D eigenvalue weighted by molar-refractivity contribution is 5.22. The van der Waals surface area contributed by atoms with E-state index in [-0.39, 0.29) is 0 Å². The van der Waals surface area contributed by atoms with Gasteiger partial charge in [-0.05, 0) is 17.0 Å². The molecule has 0 radical (unpaired) electrons. The average Bonchev–Trinajstić information content (AvgIpc) is 2.82. The van der Waals surface area contributed by atoms with Crippen LogP contribution in [0.1, 0.15) is 24.0 Å². The summed E-state index contributed by atoms with van der Waals surface area (Å²) in [7, 11) is 0. The Balaban J connectivity index is 1.69. The molecule has 3 rings (SSSR count). The number of rotatable bonds is 3. The van der Waals surface area contributed by atoms with Crippen LogP contribution in [0.3, 0.4) is 0 Å². The van der Waals surface area contributed by atoms with Gasteiger partial charge < -0.3 is 0 Å². The highest BCUT2D eigenvalue weighted by Gasteiger charge is 2.30. The Kier molecular flexibility index (Phi) is 3.65. The lowest BCUT2D eigenvalue weighted by molar-refractivity contribution is 0.319. The summed E-state index contributed by atoms with van der Waals surface area (Å²) in [5, 5.41) is 0. The van der Waals surface area contributed by atoms with E-state index in [1.807, 2.05) is 0 Å². The molecule has 0 N–H and O–H groups in total. The molecule has 19 heavy (non-hydrogen) atoms. The van der Waals surface area contributed by atoms with Crippen LogP contribution in [0.5, 0.6) is 0 Å². The quantitative estimate of drug-likeness (QED) is 0.799. The van der Waals surface area contributed by atoms with Crippen LogP contribution in [-0.2, 0) is 6.54 Å². The maximum atomic E-state index is 2.58. The summed E-state index contributed by atoms with van der Waals surface area (Å²) in [6.07, 6.45) is 0. The highest BCUT2D eigenvalue weighted by Crippen LogP contribution is 2.32. The van der Waals surface area contributed by atoms with Gasteiger partial charge in [0.25, 0.3) is 0 Å². The minimum absolute atomic E-state index is 0.685. The van der Waals surface area contributed by atoms with Crippen molar-refractivity contribution in [3.8, 4) is 0 Å². The van der Waals surface area contributed by atoms with Crippen molar-refractivity contribution in [3.63, 3.8) is 0 Å². The minimum atomic E-state index is 0.685. The molecule has 0 unspecified atom stereocenters. The van der Waals surface area contributed by atoms with Gasteiger partial charge in [-0.3, -0.25) is 4.90 Å². The molecule has 1 saturated heterocycles. The van der Waals surface area contributed by atoms with Gasteiger partial charge in [-0.15, -0.1) is 0 Å². The molecule has 1 aliphatic heterocycles. The van der Waals surface area contributed by atoms with E-state index in [1.54, 1.807) is 0 Å². The highest BCUT2D eigenvalue weighted by atomic mass is 15.1. The van der Waals surface area contributed by atoms with Crippen molar-refractivity contribution in [1.82, 2.24) is 4.90 Å². The van der Waals surface area contributed by atoms with Crippen molar-refractivity contribution in [2.75, 3.05) is 13.1 Å². The third-order valence-electron chi connectivity index (χ3n) is 4.16. The van der Waals surface area contributed by atoms with Gasteiger partial charge in [-0.2, -0.15) is 0 Å². The Bertz CT molecular complexity index is 506. The third kappa shape index (κ3) is 2.87. The summed E-state index contributed by atoms with van der Waals surface area (Å²) < 4.78 is 0. The number of hydrogen-bond donors (Lipinski definition) is 0. The molecule has 1 fully saturated rings. The van der Waals surface area contributed by atoms with Gasteiger partial charge in [0, 0.05) is 25.6 Å². The molecule has 0 bridgehead atoms. The van der Waals surface area contributed by atoms with E-state index in [2.05, 4.69) is 72.5 Å². The fraction of sp³-hybridized carbons (Fsp3) is 0.333. The Labute approximate surface area is 115 Å². The van der Waals surface area contributed by atoms with Crippen molar-refractivity contribution in [1.29, 1.82) is 0 Å². The first-order valence-electron chi connectivity index (χ1n) is 7.14. The summed E-state index contributed by atoms with van der Waals surface area (Å²) in [6, 6.07) is 21.7. The molecular weight excluding hydrogens is 230 g/mol. The van der Waals surface area contributed by atoms with Crippen molar-refractivity contribution in [2.24, 2.45) is 5.92 Å². The monoisotopic (exact) mass is 251 g/mol. The molecule has 0 aliphatic carbocycles. The largest absolute Gasteiger partial charge is 0.298 e. The Morgan fingerprint density at radius 2 is 1.53 bits per heavy atom. The normalized spacial score (nSPS) is 23.6. The maximum Gasteiger partial charge on any atom is 0.0234 e. The predicted octanol–water partition coefficient (Wildman–Crippen LogP) is 3.92. The fourth-order valence-corrected chi connectivity index (χ4v) is 3.17. The van der Waals surface area contributed by atoms with Gasteiger partial charge in [0.05, 0.1) is 0 Å². The van der Waals surface area contributed by atoms with E-state index >= 15 is 0 Å². The SMILES string of the molecule is C[C@@H]1CN(Cc2ccccc2)C[C@@H]1c1ccccc1. The van der Waals surface area contributed by atoms with Crippen LogP contribution in [0.15, 0.2) is 60.7 Å². The van der Waals surface area contributed by atoms with Crippen LogP contribution in [0.25, 0.3) is 0 Å². The van der Waals surface area contributed by atoms with Gasteiger partial charge >= 0.3 is 0 Å². The molecule has 0 spiro atoms. The summed E-state index contributed by atoms with van der Waals surface area (Å²) in [4.78, 5) is 2.58. The second-order valence-electron chi connectivity index (χ2n) is 5.67. The van der Waals surface area contributed by atoms with Crippen LogP contribution in [-0.4, -0.2) is 18.0 Å². The number of benzene rings is 2. The zero-order chi connectivity index (χ0) is 13.1. The summed E-state index contributed by atoms with van der Waals surface area (Å²) in [6.45, 7) is 5.84. The first-order valence-corrected chi connectivity index (χ1v) is 7.14. The molecule has 0 saturated carbocycles. The van der Waals surface area contributed by atoms with Gasteiger partial charge in [-0.1, -0.05) is 67.6 Å². The van der Waals surface area contributed by atoms with Crippen LogP contribution in [0.4, 0.5) is 0 Å². The topological polar surface area (TPSA) is 3.24 Å². The lowest BCUT2D eigenvalue weighted by Gasteiger charge is -2.16. The Morgan fingerprint density at radius 3 is 2.21 bits per heavy atom. The predicted molar refractivity (Wildman–Crippen MR) is 80.1 cm³/mol. The third-order valence-corrected chi connectivity index (χ3v) is 4.16. The number of hydrogen-bond acceptors (Lipinski definition) is 1. The second-order valence-corrected chi connectivity index (χ2v) is 5.67. The lowest BCUT2D eigenvalue weighted by atomic mass is 9.90. The molecule has 98 valence electrons. The van der Waals surface area contributed by atoms with Crippen LogP contribution in [0.2, 0.25) is 0 Å². The molecule has 1 heterocycles. The number of likely N-dealkylation sites (tertiary alicyclic amines) is 1. The fourth-order valence-electron chi connectivity index (χ4n) is 3.17. The van der Waals surface area contributed by atoms with E-state index in [1.165, 1.54) is 24.2 Å².